The maximum atomic E-state index is 14.7. The number of methoxy groups -OCH3 is 4. The Bertz CT molecular complexity index is 2140. The highest BCUT2D eigenvalue weighted by molar-refractivity contribution is 6.31. The number of carbonyl (C=O) groups excluding carboxylic acids is 5. The fraction of sp³-hybridized carbons (Fsp3) is 0.417. The molecule has 0 aromatic heterocycles. The van der Waals surface area contributed by atoms with Crippen molar-refractivity contribution < 1.29 is 82.8 Å². The van der Waals surface area contributed by atoms with Crippen molar-refractivity contribution in [1.82, 2.24) is 5.32 Å². The monoisotopic (exact) mass is 768 g/mol. The van der Waals surface area contributed by atoms with Crippen LogP contribution in [0, 0.1) is 6.92 Å². The Balaban J connectivity index is 1.47. The fourth-order valence-electron chi connectivity index (χ4n) is 7.97. The zero-order valence-corrected chi connectivity index (χ0v) is 30.1. The average Bonchev–Trinajstić information content (AvgIpc) is 3.12. The van der Waals surface area contributed by atoms with Gasteiger partial charge in [0.25, 0.3) is 0 Å². The maximum Gasteiger partial charge on any atom is 0.344 e. The van der Waals surface area contributed by atoms with Crippen LogP contribution in [0.1, 0.15) is 75.4 Å². The van der Waals surface area contributed by atoms with Crippen LogP contribution in [0.2, 0.25) is 0 Å². The van der Waals surface area contributed by atoms with Gasteiger partial charge >= 0.3 is 11.9 Å². The molecule has 0 saturated carbocycles. The van der Waals surface area contributed by atoms with Crippen molar-refractivity contribution in [3.05, 3.63) is 68.4 Å². The zero-order chi connectivity index (χ0) is 40.5. The van der Waals surface area contributed by atoms with E-state index >= 15 is 0 Å². The number of ether oxygens (including phenoxy) is 5. The minimum absolute atomic E-state index is 0.0285. The lowest BCUT2D eigenvalue weighted by atomic mass is 9.56. The number of phenolic OH excluding ortho intramolecular Hbond substituents is 2. The second-order valence-electron chi connectivity index (χ2n) is 13.2. The van der Waals surface area contributed by atoms with E-state index in [4.69, 9.17) is 33.6 Å². The topological polar surface area (TPSA) is 283 Å². The van der Waals surface area contributed by atoms with Crippen LogP contribution in [0.3, 0.4) is 0 Å². The molecule has 2 aromatic carbocycles. The molecule has 19 nitrogen and oxygen atoms in total. The van der Waals surface area contributed by atoms with Crippen molar-refractivity contribution in [1.29, 1.82) is 0 Å². The largest absolute Gasteiger partial charge is 0.507 e. The Morgan fingerprint density at radius 2 is 1.65 bits per heavy atom. The third-order valence-corrected chi connectivity index (χ3v) is 10.3. The molecule has 4 aliphatic rings. The molecule has 0 bridgehead atoms. The first kappa shape index (κ1) is 39.1. The van der Waals surface area contributed by atoms with Crippen molar-refractivity contribution in [3.8, 4) is 11.5 Å². The van der Waals surface area contributed by atoms with E-state index in [0.29, 0.717) is 0 Å². The van der Waals surface area contributed by atoms with E-state index in [0.717, 1.165) is 26.4 Å². The fourth-order valence-corrected chi connectivity index (χ4v) is 7.97. The molecule has 19 heteroatoms. The average molecular weight is 769 g/mol. The lowest BCUT2D eigenvalue weighted by molar-refractivity contribution is -0.181. The summed E-state index contributed by atoms with van der Waals surface area (Å²) in [4.78, 5) is 85.6. The number of hydrogen-bond donors (Lipinski definition) is 6. The molecule has 55 heavy (non-hydrogen) atoms. The Hall–Kier alpha value is -5.57. The predicted octanol–water partition coefficient (Wildman–Crippen LogP) is -0.154. The van der Waals surface area contributed by atoms with Crippen LogP contribution in [0.25, 0.3) is 0 Å². The second-order valence-corrected chi connectivity index (χ2v) is 13.2. The number of aliphatic carboxylic acids is 1. The molecular formula is C36H36N2O17. The van der Waals surface area contributed by atoms with E-state index < -0.39 is 141 Å². The molecule has 1 heterocycles. The van der Waals surface area contributed by atoms with Crippen molar-refractivity contribution in [2.75, 3.05) is 35.0 Å². The number of nitrogens with one attached hydrogen (secondary N) is 1. The first-order chi connectivity index (χ1) is 26.0. The molecule has 1 saturated heterocycles. The van der Waals surface area contributed by atoms with Gasteiger partial charge in [-0.1, -0.05) is 11.2 Å². The van der Waals surface area contributed by atoms with E-state index in [-0.39, 0.29) is 16.8 Å². The van der Waals surface area contributed by atoms with Crippen LogP contribution < -0.4 is 5.32 Å². The first-order valence-electron chi connectivity index (χ1n) is 16.6. The summed E-state index contributed by atoms with van der Waals surface area (Å²) in [6, 6.07) is 2.13. The summed E-state index contributed by atoms with van der Waals surface area (Å²) in [5.74, 6) is -9.24. The van der Waals surface area contributed by atoms with Gasteiger partial charge in [-0.25, -0.2) is 9.59 Å². The summed E-state index contributed by atoms with van der Waals surface area (Å²) in [7, 11) is 4.51. The third kappa shape index (κ3) is 5.45. The highest BCUT2D eigenvalue weighted by atomic mass is 16.6. The van der Waals surface area contributed by atoms with Crippen LogP contribution in [-0.2, 0) is 45.3 Å². The van der Waals surface area contributed by atoms with Crippen molar-refractivity contribution in [3.63, 3.8) is 0 Å². The van der Waals surface area contributed by atoms with Gasteiger partial charge in [-0.05, 0) is 31.0 Å². The zero-order valence-electron chi connectivity index (χ0n) is 30.1. The smallest absolute Gasteiger partial charge is 0.344 e. The van der Waals surface area contributed by atoms with Crippen LogP contribution in [0.4, 0.5) is 0 Å². The quantitative estimate of drug-likeness (QED) is 0.143. The van der Waals surface area contributed by atoms with E-state index in [1.807, 2.05) is 0 Å². The molecule has 0 amide bonds. The number of phenols is 2. The SMILES string of the molecule is COC(=O)c1c(C)cc2c(c1O)[C@]1(O)C(=O)c3cc4c(c(O)c3C(=O)[C@]1(OC)[C@H](O)C2)C(=O)C=C(N[C@H]1O[C@@H](C)[C@H](OC)C(=NOCC(=O)O)[C@H]1OC)C4=O. The van der Waals surface area contributed by atoms with Gasteiger partial charge in [0.15, 0.2) is 23.2 Å². The van der Waals surface area contributed by atoms with Crippen LogP contribution >= 0.6 is 0 Å². The summed E-state index contributed by atoms with van der Waals surface area (Å²) >= 11 is 0. The molecule has 1 aliphatic heterocycles. The number of hydrogen-bond acceptors (Lipinski definition) is 18. The Labute approximate surface area is 311 Å². The van der Waals surface area contributed by atoms with Gasteiger partial charge in [0, 0.05) is 50.5 Å². The predicted molar refractivity (Wildman–Crippen MR) is 181 cm³/mol. The molecule has 1 fully saturated rings. The van der Waals surface area contributed by atoms with E-state index in [2.05, 4.69) is 10.5 Å². The van der Waals surface area contributed by atoms with Crippen LogP contribution in [0.5, 0.6) is 11.5 Å². The number of oxime groups is 1. The number of aryl methyl sites for hydroxylation is 1. The lowest BCUT2D eigenvalue weighted by Gasteiger charge is -2.52. The van der Waals surface area contributed by atoms with Crippen molar-refractivity contribution in [2.24, 2.45) is 5.16 Å². The molecule has 0 unspecified atom stereocenters. The molecule has 2 aromatic rings. The number of carbonyl (C=O) groups is 6. The van der Waals surface area contributed by atoms with Gasteiger partial charge in [0.2, 0.25) is 24.0 Å². The van der Waals surface area contributed by atoms with Gasteiger partial charge in [-0.15, -0.1) is 0 Å². The molecule has 292 valence electrons. The number of fused-ring (bicyclic) bond motifs is 5. The summed E-state index contributed by atoms with van der Waals surface area (Å²) in [5.41, 5.74) is -10.5. The van der Waals surface area contributed by atoms with E-state index in [1.165, 1.54) is 27.2 Å². The van der Waals surface area contributed by atoms with Crippen molar-refractivity contribution >= 4 is 40.8 Å². The number of allylic oxidation sites excluding steroid dienone is 2. The minimum Gasteiger partial charge on any atom is -0.507 e. The Kier molecular flexibility index (Phi) is 9.91. The second kappa shape index (κ2) is 13.9. The molecule has 3 aliphatic carbocycles. The van der Waals surface area contributed by atoms with Gasteiger partial charge in [-0.2, -0.15) is 0 Å². The highest BCUT2D eigenvalue weighted by Crippen LogP contribution is 2.56. The number of aromatic hydroxyl groups is 2. The lowest BCUT2D eigenvalue weighted by Crippen LogP contribution is -2.73. The van der Waals surface area contributed by atoms with Gasteiger partial charge < -0.3 is 59.4 Å². The Morgan fingerprint density at radius 3 is 2.25 bits per heavy atom. The van der Waals surface area contributed by atoms with Gasteiger partial charge in [0.1, 0.15) is 35.0 Å². The Morgan fingerprint density at radius 1 is 0.982 bits per heavy atom. The number of benzene rings is 2. The third-order valence-electron chi connectivity index (χ3n) is 10.3. The number of ketones is 4. The number of carboxylic acids is 1. The van der Waals surface area contributed by atoms with Gasteiger partial charge in [0.05, 0.1) is 36.1 Å². The van der Waals surface area contributed by atoms with Crippen LogP contribution in [-0.4, -0.2) is 138 Å². The summed E-state index contributed by atoms with van der Waals surface area (Å²) < 4.78 is 27.2. The number of Topliss-reactive ketones (excluding diaryl/α,β-unsaturated/α-hetero) is 3. The normalized spacial score (nSPS) is 29.1. The molecule has 0 spiro atoms. The number of aliphatic hydroxyl groups excluding tert-OH is 1. The molecule has 6 N–H and O–H groups in total. The number of rotatable bonds is 9. The first-order valence-corrected chi connectivity index (χ1v) is 16.6. The maximum absolute atomic E-state index is 14.7. The van der Waals surface area contributed by atoms with E-state index in [1.54, 1.807) is 6.92 Å². The standard InChI is InChI=1S/C36H36N2O17/c1-12-7-14-8-19(40)36(53-6)32(47)23-16(31(46)35(36,49)24(14)28(45)21(12)34(48)52-5)9-15-22(27(23)44)18(39)10-17(26(15)43)37-33-30(51-4)25(38-54-11-20(41)42)29(50-3)13(2)55-33/h7,9-10,13,19,29-30,33,37,40,44-45,49H,8,11H2,1-6H3,(H,41,42)/t13-,19+,29-,30+,33-,35-,36+/m0/s1. The summed E-state index contributed by atoms with van der Waals surface area (Å²) in [6.07, 6.45) is -5.87. The molecule has 7 atom stereocenters. The van der Waals surface area contributed by atoms with Gasteiger partial charge in [-0.3, -0.25) is 19.2 Å². The minimum atomic E-state index is -3.27. The molecule has 0 radical (unpaired) electrons. The van der Waals surface area contributed by atoms with Crippen molar-refractivity contribution in [2.45, 2.75) is 62.1 Å². The molecular weight excluding hydrogens is 732 g/mol. The summed E-state index contributed by atoms with van der Waals surface area (Å²) in [6.45, 7) is 2.20. The number of carboxylic acid groups (broad SMARTS) is 1. The van der Waals surface area contributed by atoms with E-state index in [9.17, 15) is 49.2 Å². The highest BCUT2D eigenvalue weighted by Gasteiger charge is 2.72. The van der Waals surface area contributed by atoms with Crippen LogP contribution in [0.15, 0.2) is 29.1 Å². The number of aliphatic hydroxyl groups is 2. The summed E-state index contributed by atoms with van der Waals surface area (Å²) in [5, 5.41) is 62.6. The molecule has 6 rings (SSSR count). The number of esters is 1. The number of nitrogens with zero attached hydrogens (tertiary/aromatic N) is 1.